The van der Waals surface area contributed by atoms with E-state index in [1.807, 2.05) is 19.1 Å². The van der Waals surface area contributed by atoms with Crippen LogP contribution in [0, 0.1) is 6.92 Å². The van der Waals surface area contributed by atoms with E-state index in [2.05, 4.69) is 31.8 Å². The number of Topliss-reactive ketones (excluding diaryl/α,β-unsaturated/α-hetero) is 1. The van der Waals surface area contributed by atoms with E-state index in [0.29, 0.717) is 19.0 Å². The molecule has 0 bridgehead atoms. The highest BCUT2D eigenvalue weighted by Crippen LogP contribution is 2.25. The molecule has 0 aliphatic carbocycles. The lowest BCUT2D eigenvalue weighted by atomic mass is 9.84. The predicted octanol–water partition coefficient (Wildman–Crippen LogP) is 3.29. The van der Waals surface area contributed by atoms with Crippen LogP contribution < -0.4 is 0 Å². The van der Waals surface area contributed by atoms with E-state index in [1.54, 1.807) is 0 Å². The summed E-state index contributed by atoms with van der Waals surface area (Å²) in [5.41, 5.74) is 3.02. The maximum atomic E-state index is 12.3. The van der Waals surface area contributed by atoms with Crippen molar-refractivity contribution in [2.24, 2.45) is 4.99 Å². The molecule has 3 heteroatoms. The van der Waals surface area contributed by atoms with Crippen LogP contribution in [0.4, 0.5) is 0 Å². The zero-order valence-electron chi connectivity index (χ0n) is 12.1. The number of rotatable bonds is 3. The molecule has 0 radical (unpaired) electrons. The lowest BCUT2D eigenvalue weighted by molar-refractivity contribution is 0.0994. The summed E-state index contributed by atoms with van der Waals surface area (Å²) in [6.07, 6.45) is 0.272. The van der Waals surface area contributed by atoms with Crippen molar-refractivity contribution in [1.29, 1.82) is 0 Å². The molecule has 3 nitrogen and oxygen atoms in total. The second-order valence-electron chi connectivity index (χ2n) is 6.00. The molecule has 1 aromatic carbocycles. The number of hydrogen-bond acceptors (Lipinski definition) is 3. The van der Waals surface area contributed by atoms with Gasteiger partial charge in [-0.1, -0.05) is 32.9 Å². The van der Waals surface area contributed by atoms with Crippen molar-refractivity contribution in [2.45, 2.75) is 39.5 Å². The van der Waals surface area contributed by atoms with Crippen LogP contribution in [0.3, 0.4) is 0 Å². The summed E-state index contributed by atoms with van der Waals surface area (Å²) in [6.45, 7) is 9.69. The second kappa shape index (κ2) is 5.16. The summed E-state index contributed by atoms with van der Waals surface area (Å²) < 4.78 is 5.31. The van der Waals surface area contributed by atoms with E-state index in [4.69, 9.17) is 4.74 Å². The van der Waals surface area contributed by atoms with Crippen molar-refractivity contribution < 1.29 is 9.53 Å². The number of aliphatic imine (C=N–C) groups is 1. The van der Waals surface area contributed by atoms with Gasteiger partial charge in [0.15, 0.2) is 11.7 Å². The smallest absolute Gasteiger partial charge is 0.191 e. The summed E-state index contributed by atoms with van der Waals surface area (Å²) in [7, 11) is 0. The van der Waals surface area contributed by atoms with Gasteiger partial charge < -0.3 is 4.74 Å². The summed E-state index contributed by atoms with van der Waals surface area (Å²) in [6, 6.07) is 6.12. The second-order valence-corrected chi connectivity index (χ2v) is 6.00. The quantitative estimate of drug-likeness (QED) is 0.781. The molecule has 1 heterocycles. The zero-order valence-corrected chi connectivity index (χ0v) is 12.1. The molecule has 0 aromatic heterocycles. The van der Waals surface area contributed by atoms with Gasteiger partial charge in [-0.25, -0.2) is 0 Å². The van der Waals surface area contributed by atoms with Crippen molar-refractivity contribution in [3.05, 3.63) is 34.9 Å². The fourth-order valence-corrected chi connectivity index (χ4v) is 2.11. The predicted molar refractivity (Wildman–Crippen MR) is 77.1 cm³/mol. The van der Waals surface area contributed by atoms with E-state index in [1.165, 1.54) is 5.56 Å². The van der Waals surface area contributed by atoms with Gasteiger partial charge in [-0.3, -0.25) is 9.79 Å². The molecule has 0 saturated carbocycles. The Bertz CT molecular complexity index is 524. The fourth-order valence-electron chi connectivity index (χ4n) is 2.11. The third-order valence-corrected chi connectivity index (χ3v) is 3.36. The molecule has 0 amide bonds. The maximum Gasteiger partial charge on any atom is 0.191 e. The van der Waals surface area contributed by atoms with Crippen molar-refractivity contribution in [3.8, 4) is 0 Å². The van der Waals surface area contributed by atoms with Crippen LogP contribution in [0.1, 0.15) is 48.7 Å². The first-order valence-electron chi connectivity index (χ1n) is 6.68. The summed E-state index contributed by atoms with van der Waals surface area (Å²) in [5.74, 6) is 0.662. The van der Waals surface area contributed by atoms with Crippen LogP contribution in [-0.4, -0.2) is 24.8 Å². The Morgan fingerprint density at radius 1 is 1.37 bits per heavy atom. The Morgan fingerprint density at radius 3 is 2.68 bits per heavy atom. The number of ketones is 1. The van der Waals surface area contributed by atoms with E-state index >= 15 is 0 Å². The number of carbonyl (C=O) groups excluding carboxylic acids is 1. The van der Waals surface area contributed by atoms with Crippen LogP contribution in [0.25, 0.3) is 0 Å². The lowest BCUT2D eigenvalue weighted by Crippen LogP contribution is -2.15. The van der Waals surface area contributed by atoms with Crippen LogP contribution in [-0.2, 0) is 10.2 Å². The van der Waals surface area contributed by atoms with Gasteiger partial charge in [0.25, 0.3) is 0 Å². The van der Waals surface area contributed by atoms with Gasteiger partial charge in [-0.05, 0) is 29.5 Å². The van der Waals surface area contributed by atoms with Crippen molar-refractivity contribution in [2.75, 3.05) is 13.2 Å². The van der Waals surface area contributed by atoms with Gasteiger partial charge in [-0.2, -0.15) is 0 Å². The standard InChI is InChI=1S/C16H21NO2/c1-11-5-6-12(16(2,3)4)9-13(11)14(18)10-15-17-7-8-19-15/h5-6,9H,7-8,10H2,1-4H3. The minimum Gasteiger partial charge on any atom is -0.479 e. The first-order valence-corrected chi connectivity index (χ1v) is 6.68. The summed E-state index contributed by atoms with van der Waals surface area (Å²) in [4.78, 5) is 16.5. The van der Waals surface area contributed by atoms with E-state index < -0.39 is 0 Å². The van der Waals surface area contributed by atoms with Gasteiger partial charge >= 0.3 is 0 Å². The highest BCUT2D eigenvalue weighted by molar-refractivity contribution is 6.08. The van der Waals surface area contributed by atoms with Gasteiger partial charge in [0.2, 0.25) is 0 Å². The molecule has 0 atom stereocenters. The number of benzene rings is 1. The van der Waals surface area contributed by atoms with Crippen molar-refractivity contribution >= 4 is 11.7 Å². The highest BCUT2D eigenvalue weighted by Gasteiger charge is 2.19. The molecular formula is C16H21NO2. The minimum absolute atomic E-state index is 0.0457. The summed E-state index contributed by atoms with van der Waals surface area (Å²) >= 11 is 0. The first-order chi connectivity index (χ1) is 8.88. The number of ether oxygens (including phenoxy) is 1. The molecule has 1 aliphatic heterocycles. The van der Waals surface area contributed by atoms with Gasteiger partial charge in [0.1, 0.15) is 6.61 Å². The molecule has 0 unspecified atom stereocenters. The minimum atomic E-state index is 0.0457. The van der Waals surface area contributed by atoms with Crippen molar-refractivity contribution in [1.82, 2.24) is 0 Å². The molecular weight excluding hydrogens is 238 g/mol. The molecule has 102 valence electrons. The maximum absolute atomic E-state index is 12.3. The zero-order chi connectivity index (χ0) is 14.0. The average Bonchev–Trinajstić information content (AvgIpc) is 2.80. The molecule has 0 N–H and O–H groups in total. The monoisotopic (exact) mass is 259 g/mol. The van der Waals surface area contributed by atoms with E-state index in [-0.39, 0.29) is 17.6 Å². The van der Waals surface area contributed by atoms with Crippen LogP contribution in [0.2, 0.25) is 0 Å². The third-order valence-electron chi connectivity index (χ3n) is 3.36. The fraction of sp³-hybridized carbons (Fsp3) is 0.500. The summed E-state index contributed by atoms with van der Waals surface area (Å²) in [5, 5.41) is 0. The Balaban J connectivity index is 2.25. The van der Waals surface area contributed by atoms with Crippen LogP contribution >= 0.6 is 0 Å². The Morgan fingerprint density at radius 2 is 2.11 bits per heavy atom. The molecule has 19 heavy (non-hydrogen) atoms. The first kappa shape index (κ1) is 13.8. The average molecular weight is 259 g/mol. The molecule has 0 saturated heterocycles. The SMILES string of the molecule is Cc1ccc(C(C)(C)C)cc1C(=O)CC1=NCCO1. The normalized spacial score (nSPS) is 15.1. The topological polar surface area (TPSA) is 38.7 Å². The number of nitrogens with zero attached hydrogens (tertiary/aromatic N) is 1. The Labute approximate surface area is 114 Å². The third kappa shape index (κ3) is 3.22. The number of carbonyl (C=O) groups is 1. The van der Waals surface area contributed by atoms with Gasteiger partial charge in [-0.15, -0.1) is 0 Å². The van der Waals surface area contributed by atoms with Crippen LogP contribution in [0.15, 0.2) is 23.2 Å². The highest BCUT2D eigenvalue weighted by atomic mass is 16.5. The molecule has 0 spiro atoms. The molecule has 0 fully saturated rings. The number of hydrogen-bond donors (Lipinski definition) is 0. The Hall–Kier alpha value is -1.64. The van der Waals surface area contributed by atoms with Gasteiger partial charge in [0.05, 0.1) is 13.0 Å². The molecule has 1 aliphatic rings. The lowest BCUT2D eigenvalue weighted by Gasteiger charge is -2.20. The molecule has 1 aromatic rings. The van der Waals surface area contributed by atoms with E-state index in [9.17, 15) is 4.79 Å². The largest absolute Gasteiger partial charge is 0.479 e. The molecule has 2 rings (SSSR count). The van der Waals surface area contributed by atoms with Crippen molar-refractivity contribution in [3.63, 3.8) is 0 Å². The van der Waals surface area contributed by atoms with E-state index in [0.717, 1.165) is 11.1 Å². The number of aryl methyl sites for hydroxylation is 1. The van der Waals surface area contributed by atoms with Crippen LogP contribution in [0.5, 0.6) is 0 Å². The van der Waals surface area contributed by atoms with Gasteiger partial charge in [0, 0.05) is 5.56 Å². The Kier molecular flexibility index (Phi) is 3.74.